The first-order valence-electron chi connectivity index (χ1n) is 7.99. The topological polar surface area (TPSA) is 66.8 Å². The van der Waals surface area contributed by atoms with E-state index in [1.807, 2.05) is 18.2 Å². The molecular formula is C19H20O4. The Labute approximate surface area is 135 Å². The van der Waals surface area contributed by atoms with E-state index in [4.69, 9.17) is 4.74 Å². The molecule has 4 nitrogen and oxygen atoms in total. The van der Waals surface area contributed by atoms with Gasteiger partial charge in [-0.2, -0.15) is 0 Å². The van der Waals surface area contributed by atoms with Gasteiger partial charge in [0.05, 0.1) is 18.6 Å². The first-order valence-corrected chi connectivity index (χ1v) is 7.99. The van der Waals surface area contributed by atoms with E-state index in [-0.39, 0.29) is 23.4 Å². The number of ether oxygens (including phenoxy) is 1. The molecular weight excluding hydrogens is 292 g/mol. The van der Waals surface area contributed by atoms with Gasteiger partial charge < -0.3 is 14.9 Å². The molecule has 23 heavy (non-hydrogen) atoms. The molecule has 1 aromatic carbocycles. The fourth-order valence-corrected chi connectivity index (χ4v) is 4.48. The van der Waals surface area contributed by atoms with Crippen molar-refractivity contribution in [3.05, 3.63) is 47.2 Å². The van der Waals surface area contributed by atoms with Crippen LogP contribution in [-0.4, -0.2) is 29.2 Å². The van der Waals surface area contributed by atoms with Crippen LogP contribution in [-0.2, 0) is 11.2 Å². The van der Waals surface area contributed by atoms with E-state index in [2.05, 4.69) is 6.07 Å². The summed E-state index contributed by atoms with van der Waals surface area (Å²) in [5, 5.41) is 20.6. The smallest absolute Gasteiger partial charge is 0.206 e. The number of aryl methyl sites for hydroxylation is 1. The molecule has 0 unspecified atom stereocenters. The Morgan fingerprint density at radius 2 is 2.09 bits per heavy atom. The summed E-state index contributed by atoms with van der Waals surface area (Å²) in [6.45, 7) is 1.76. The van der Waals surface area contributed by atoms with Crippen LogP contribution in [0.2, 0.25) is 0 Å². The fraction of sp³-hybridized carbons (Fsp3) is 0.421. The predicted molar refractivity (Wildman–Crippen MR) is 86.1 cm³/mol. The lowest BCUT2D eigenvalue weighted by Crippen LogP contribution is -2.48. The van der Waals surface area contributed by atoms with Gasteiger partial charge in [-0.05, 0) is 60.6 Å². The standard InChI is InChI=1S/C19H20O4/c1-19-15(9-16(20)18(19)22)12-6-4-10-3-5-11(23-2)7-13(10)14(12)8-17(19)21/h3,5,7-9,12,15,17,20-21H,4,6H2,1-2H3/t12-,15-,17+,19-/m1/s1. The van der Waals surface area contributed by atoms with Crippen LogP contribution in [0.4, 0.5) is 0 Å². The van der Waals surface area contributed by atoms with Crippen molar-refractivity contribution in [1.82, 2.24) is 0 Å². The highest BCUT2D eigenvalue weighted by molar-refractivity contribution is 6.02. The Morgan fingerprint density at radius 3 is 2.83 bits per heavy atom. The van der Waals surface area contributed by atoms with Crippen LogP contribution in [0.15, 0.2) is 36.1 Å². The molecule has 0 spiro atoms. The normalized spacial score (nSPS) is 34.9. The average Bonchev–Trinajstić information content (AvgIpc) is 2.80. The second-order valence-corrected chi connectivity index (χ2v) is 6.92. The van der Waals surface area contributed by atoms with Crippen LogP contribution in [0, 0.1) is 17.3 Å². The van der Waals surface area contributed by atoms with Gasteiger partial charge in [0.15, 0.2) is 5.76 Å². The van der Waals surface area contributed by atoms with Crippen LogP contribution in [0.25, 0.3) is 5.57 Å². The number of ketones is 1. The third kappa shape index (κ3) is 1.78. The Morgan fingerprint density at radius 1 is 1.30 bits per heavy atom. The molecule has 0 aromatic heterocycles. The van der Waals surface area contributed by atoms with Crippen LogP contribution in [0.3, 0.4) is 0 Å². The quantitative estimate of drug-likeness (QED) is 0.836. The van der Waals surface area contributed by atoms with E-state index >= 15 is 0 Å². The lowest BCUT2D eigenvalue weighted by Gasteiger charge is -2.45. The Balaban J connectivity index is 1.87. The van der Waals surface area contributed by atoms with Crippen molar-refractivity contribution in [3.63, 3.8) is 0 Å². The molecule has 2 N–H and O–H groups in total. The van der Waals surface area contributed by atoms with E-state index < -0.39 is 11.5 Å². The molecule has 0 heterocycles. The van der Waals surface area contributed by atoms with Crippen molar-refractivity contribution < 1.29 is 19.7 Å². The lowest BCUT2D eigenvalue weighted by molar-refractivity contribution is -0.133. The van der Waals surface area contributed by atoms with Gasteiger partial charge in [0.2, 0.25) is 5.78 Å². The van der Waals surface area contributed by atoms with Crippen molar-refractivity contribution in [1.29, 1.82) is 0 Å². The molecule has 0 aliphatic heterocycles. The van der Waals surface area contributed by atoms with Gasteiger partial charge in [0, 0.05) is 5.92 Å². The zero-order valence-electron chi connectivity index (χ0n) is 13.2. The highest BCUT2D eigenvalue weighted by Crippen LogP contribution is 2.55. The number of aliphatic hydroxyl groups is 2. The molecule has 3 aliphatic carbocycles. The maximum absolute atomic E-state index is 12.4. The van der Waals surface area contributed by atoms with Crippen LogP contribution in [0.5, 0.6) is 5.75 Å². The highest BCUT2D eigenvalue weighted by Gasteiger charge is 2.57. The zero-order chi connectivity index (χ0) is 16.4. The Bertz CT molecular complexity index is 761. The monoisotopic (exact) mass is 312 g/mol. The molecule has 0 radical (unpaired) electrons. The summed E-state index contributed by atoms with van der Waals surface area (Å²) in [6, 6.07) is 6.02. The second kappa shape index (κ2) is 4.71. The maximum atomic E-state index is 12.4. The van der Waals surface area contributed by atoms with Gasteiger partial charge in [0.25, 0.3) is 0 Å². The van der Waals surface area contributed by atoms with Gasteiger partial charge in [-0.1, -0.05) is 12.1 Å². The molecule has 120 valence electrons. The SMILES string of the molecule is COc1ccc2c(c1)C1=C[C@H](O)[C@]3(C)C(=O)C(O)=C[C@@H]3[C@@H]1CC2. The minimum absolute atomic E-state index is 0.136. The first-order chi connectivity index (χ1) is 11.0. The number of carbonyl (C=O) groups is 1. The van der Waals surface area contributed by atoms with E-state index in [9.17, 15) is 15.0 Å². The number of aliphatic hydroxyl groups excluding tert-OH is 2. The number of hydrogen-bond donors (Lipinski definition) is 2. The number of rotatable bonds is 1. The van der Waals surface area contributed by atoms with Gasteiger partial charge in [-0.3, -0.25) is 4.79 Å². The number of hydrogen-bond acceptors (Lipinski definition) is 4. The molecule has 0 amide bonds. The minimum Gasteiger partial charge on any atom is -0.505 e. The highest BCUT2D eigenvalue weighted by atomic mass is 16.5. The Hall–Kier alpha value is -2.07. The molecule has 1 aromatic rings. The predicted octanol–water partition coefficient (Wildman–Crippen LogP) is 2.66. The summed E-state index contributed by atoms with van der Waals surface area (Å²) < 4.78 is 5.33. The third-order valence-corrected chi connectivity index (χ3v) is 5.89. The first kappa shape index (κ1) is 14.5. The van der Waals surface area contributed by atoms with Gasteiger partial charge in [-0.15, -0.1) is 0 Å². The van der Waals surface area contributed by atoms with Crippen molar-refractivity contribution in [2.24, 2.45) is 17.3 Å². The molecule has 4 heteroatoms. The third-order valence-electron chi connectivity index (χ3n) is 5.89. The van der Waals surface area contributed by atoms with Crippen molar-refractivity contribution in [2.75, 3.05) is 7.11 Å². The van der Waals surface area contributed by atoms with Crippen molar-refractivity contribution in [3.8, 4) is 5.75 Å². The molecule has 4 rings (SSSR count). The van der Waals surface area contributed by atoms with Crippen molar-refractivity contribution >= 4 is 11.4 Å². The fourth-order valence-electron chi connectivity index (χ4n) is 4.48. The van der Waals surface area contributed by atoms with Gasteiger partial charge in [0.1, 0.15) is 5.75 Å². The number of fused-ring (bicyclic) bond motifs is 5. The summed E-state index contributed by atoms with van der Waals surface area (Å²) >= 11 is 0. The summed E-state index contributed by atoms with van der Waals surface area (Å²) in [5.74, 6) is 0.208. The van der Waals surface area contributed by atoms with Crippen molar-refractivity contribution in [2.45, 2.75) is 25.9 Å². The lowest BCUT2D eigenvalue weighted by atomic mass is 9.58. The molecule has 0 bridgehead atoms. The van der Waals surface area contributed by atoms with Gasteiger partial charge >= 0.3 is 0 Å². The molecule has 3 aliphatic rings. The summed E-state index contributed by atoms with van der Waals surface area (Å²) in [5.41, 5.74) is 2.45. The largest absolute Gasteiger partial charge is 0.505 e. The second-order valence-electron chi connectivity index (χ2n) is 6.92. The maximum Gasteiger partial charge on any atom is 0.206 e. The molecule has 0 fully saturated rings. The summed E-state index contributed by atoms with van der Waals surface area (Å²) in [4.78, 5) is 12.4. The van der Waals surface area contributed by atoms with Crippen LogP contribution in [0.1, 0.15) is 24.5 Å². The van der Waals surface area contributed by atoms with E-state index in [0.717, 1.165) is 29.7 Å². The summed E-state index contributed by atoms with van der Waals surface area (Å²) in [6.07, 6.45) is 4.39. The summed E-state index contributed by atoms with van der Waals surface area (Å²) in [7, 11) is 1.64. The van der Waals surface area contributed by atoms with Crippen LogP contribution >= 0.6 is 0 Å². The number of benzene rings is 1. The Kier molecular flexibility index (Phi) is 2.97. The van der Waals surface area contributed by atoms with E-state index in [0.29, 0.717) is 0 Å². The number of Topliss-reactive ketones (excluding diaryl/α,β-unsaturated/α-hetero) is 1. The van der Waals surface area contributed by atoms with E-state index in [1.165, 1.54) is 5.56 Å². The van der Waals surface area contributed by atoms with Crippen LogP contribution < -0.4 is 4.74 Å². The zero-order valence-corrected chi connectivity index (χ0v) is 13.2. The number of allylic oxidation sites excluding steroid dienone is 3. The van der Waals surface area contributed by atoms with E-state index in [1.54, 1.807) is 20.1 Å². The number of methoxy groups -OCH3 is 1. The average molecular weight is 312 g/mol. The van der Waals surface area contributed by atoms with Gasteiger partial charge in [-0.25, -0.2) is 0 Å². The molecule has 0 saturated heterocycles. The molecule has 4 atom stereocenters. The minimum atomic E-state index is -0.950. The molecule has 0 saturated carbocycles. The number of carbonyl (C=O) groups excluding carboxylic acids is 1.